The fourth-order valence-corrected chi connectivity index (χ4v) is 7.17. The summed E-state index contributed by atoms with van der Waals surface area (Å²) in [5, 5.41) is 1.08. The molecule has 10 nitrogen and oxygen atoms in total. The zero-order chi connectivity index (χ0) is 25.6. The van der Waals surface area contributed by atoms with Gasteiger partial charge in [-0.3, -0.25) is 19.4 Å². The zero-order valence-electron chi connectivity index (χ0n) is 21.1. The van der Waals surface area contributed by atoms with Gasteiger partial charge in [-0.15, -0.1) is 0 Å². The van der Waals surface area contributed by atoms with Crippen LogP contribution in [0.4, 0.5) is 9.59 Å². The highest BCUT2D eigenvalue weighted by Gasteiger charge is 2.82. The van der Waals surface area contributed by atoms with E-state index in [2.05, 4.69) is 4.57 Å². The number of nitrogens with zero attached hydrogens (tertiary/aromatic N) is 5. The molecule has 4 aliphatic rings. The van der Waals surface area contributed by atoms with Gasteiger partial charge in [0, 0.05) is 50.3 Å². The van der Waals surface area contributed by atoms with Crippen molar-refractivity contribution in [1.82, 2.24) is 24.2 Å². The summed E-state index contributed by atoms with van der Waals surface area (Å²) in [6.45, 7) is 5.10. The highest BCUT2D eigenvalue weighted by Crippen LogP contribution is 2.65. The molecule has 0 N–H and O–H groups in total. The van der Waals surface area contributed by atoms with Crippen molar-refractivity contribution in [3.05, 3.63) is 30.5 Å². The number of amides is 6. The van der Waals surface area contributed by atoms with E-state index in [0.29, 0.717) is 25.9 Å². The number of benzene rings is 1. The lowest BCUT2D eigenvalue weighted by Crippen LogP contribution is -2.90. The molecule has 0 spiro atoms. The van der Waals surface area contributed by atoms with Gasteiger partial charge in [-0.2, -0.15) is 0 Å². The largest absolute Gasteiger partial charge is 0.497 e. The van der Waals surface area contributed by atoms with E-state index in [9.17, 15) is 19.2 Å². The van der Waals surface area contributed by atoms with Crippen LogP contribution in [0.15, 0.2) is 30.5 Å². The standard InChI is InChI=1S/C26H31N5O5/c1-25-19-20-26(25,2)22(33)31(13-6-12-30(21(25)32)23(34)27(19)3)24(35)29(20)11-5-10-28-14-9-16-15-17(36-4)7-8-18(16)28/h7-9,14-15,19-20H,5-6,10-13H2,1-4H3/t19?,20?,25-,26+/m1/s1. The van der Waals surface area contributed by atoms with E-state index in [1.54, 1.807) is 37.8 Å². The van der Waals surface area contributed by atoms with Crippen molar-refractivity contribution in [3.8, 4) is 5.75 Å². The number of ether oxygens (including phenoxy) is 1. The second-order valence-electron chi connectivity index (χ2n) is 10.7. The van der Waals surface area contributed by atoms with E-state index < -0.39 is 22.9 Å². The van der Waals surface area contributed by atoms with Crippen molar-refractivity contribution in [2.45, 2.75) is 45.3 Å². The maximum Gasteiger partial charge on any atom is 0.327 e. The first-order valence-corrected chi connectivity index (χ1v) is 12.5. The zero-order valence-corrected chi connectivity index (χ0v) is 21.1. The highest BCUT2D eigenvalue weighted by atomic mass is 16.5. The van der Waals surface area contributed by atoms with Crippen molar-refractivity contribution in [3.63, 3.8) is 0 Å². The molecule has 10 heteroatoms. The molecule has 2 unspecified atom stereocenters. The number of imide groups is 2. The van der Waals surface area contributed by atoms with Gasteiger partial charge in [0.1, 0.15) is 5.75 Å². The van der Waals surface area contributed by atoms with Crippen LogP contribution < -0.4 is 4.74 Å². The average Bonchev–Trinajstić information content (AvgIpc) is 3.27. The Morgan fingerprint density at radius 1 is 0.917 bits per heavy atom. The molecule has 4 bridgehead atoms. The van der Waals surface area contributed by atoms with Crippen molar-refractivity contribution >= 4 is 34.8 Å². The Labute approximate surface area is 209 Å². The first-order chi connectivity index (χ1) is 17.2. The van der Waals surface area contributed by atoms with Crippen LogP contribution >= 0.6 is 0 Å². The first kappa shape index (κ1) is 22.9. The number of likely N-dealkylation sites (N-methyl/N-ethyl adjacent to an activating group) is 1. The molecule has 3 saturated heterocycles. The van der Waals surface area contributed by atoms with E-state index in [4.69, 9.17) is 4.74 Å². The monoisotopic (exact) mass is 493 g/mol. The summed E-state index contributed by atoms with van der Waals surface area (Å²) in [7, 11) is 3.33. The van der Waals surface area contributed by atoms with Crippen LogP contribution in [-0.4, -0.2) is 93.9 Å². The van der Waals surface area contributed by atoms with Crippen LogP contribution in [0.25, 0.3) is 10.9 Å². The summed E-state index contributed by atoms with van der Waals surface area (Å²) in [5.41, 5.74) is -1.08. The van der Waals surface area contributed by atoms with Gasteiger partial charge in [0.15, 0.2) is 0 Å². The third kappa shape index (κ3) is 2.56. The molecule has 6 rings (SSSR count). The van der Waals surface area contributed by atoms with E-state index in [0.717, 1.165) is 16.7 Å². The summed E-state index contributed by atoms with van der Waals surface area (Å²) in [4.78, 5) is 60.0. The topological polar surface area (TPSA) is 95.4 Å². The number of urea groups is 2. The van der Waals surface area contributed by atoms with E-state index >= 15 is 0 Å². The minimum atomic E-state index is -1.09. The van der Waals surface area contributed by atoms with E-state index in [1.807, 2.05) is 30.5 Å². The van der Waals surface area contributed by atoms with Crippen LogP contribution in [0.3, 0.4) is 0 Å². The third-order valence-electron chi connectivity index (χ3n) is 9.24. The molecule has 4 heterocycles. The molecule has 1 aromatic heterocycles. The van der Waals surface area contributed by atoms with Crippen LogP contribution in [-0.2, 0) is 16.1 Å². The Bertz CT molecular complexity index is 1320. The Morgan fingerprint density at radius 2 is 1.58 bits per heavy atom. The molecule has 4 atom stereocenters. The molecule has 1 aromatic carbocycles. The summed E-state index contributed by atoms with van der Waals surface area (Å²) in [6, 6.07) is 6.23. The number of carbonyl (C=O) groups is 4. The molecule has 190 valence electrons. The number of hydrogen-bond donors (Lipinski definition) is 0. The van der Waals surface area contributed by atoms with Crippen LogP contribution in [0, 0.1) is 10.8 Å². The minimum absolute atomic E-state index is 0.196. The molecule has 4 fully saturated rings. The lowest BCUT2D eigenvalue weighted by Gasteiger charge is -2.72. The maximum atomic E-state index is 13.7. The summed E-state index contributed by atoms with van der Waals surface area (Å²) in [6.07, 6.45) is 3.06. The van der Waals surface area contributed by atoms with Gasteiger partial charge in [0.2, 0.25) is 11.8 Å². The fourth-order valence-electron chi connectivity index (χ4n) is 7.17. The molecular formula is C26H31N5O5. The fraction of sp³-hybridized carbons (Fsp3) is 0.538. The summed E-state index contributed by atoms with van der Waals surface area (Å²) >= 11 is 0. The lowest BCUT2D eigenvalue weighted by atomic mass is 9.41. The number of rotatable bonds is 5. The van der Waals surface area contributed by atoms with Gasteiger partial charge in [-0.1, -0.05) is 0 Å². The smallest absolute Gasteiger partial charge is 0.327 e. The highest BCUT2D eigenvalue weighted by molar-refractivity contribution is 6.11. The molecule has 2 aromatic rings. The number of aromatic nitrogens is 1. The number of methoxy groups -OCH3 is 1. The Hall–Kier alpha value is -3.56. The van der Waals surface area contributed by atoms with Gasteiger partial charge < -0.3 is 19.1 Å². The third-order valence-corrected chi connectivity index (χ3v) is 9.24. The van der Waals surface area contributed by atoms with E-state index in [1.165, 1.54) is 9.80 Å². The molecule has 1 aliphatic carbocycles. The normalized spacial score (nSPS) is 31.6. The Balaban J connectivity index is 1.32. The van der Waals surface area contributed by atoms with Gasteiger partial charge in [-0.25, -0.2) is 9.59 Å². The Morgan fingerprint density at radius 3 is 2.28 bits per heavy atom. The van der Waals surface area contributed by atoms with Crippen LogP contribution in [0.5, 0.6) is 5.75 Å². The number of aryl methyl sites for hydroxylation is 1. The van der Waals surface area contributed by atoms with Gasteiger partial charge in [0.05, 0.1) is 30.0 Å². The minimum Gasteiger partial charge on any atom is -0.497 e. The lowest BCUT2D eigenvalue weighted by molar-refractivity contribution is -0.226. The van der Waals surface area contributed by atoms with Crippen molar-refractivity contribution in [2.75, 3.05) is 33.8 Å². The van der Waals surface area contributed by atoms with Gasteiger partial charge in [0.25, 0.3) is 0 Å². The molecule has 0 radical (unpaired) electrons. The number of hydrogen-bond acceptors (Lipinski definition) is 5. The molecule has 1 saturated carbocycles. The van der Waals surface area contributed by atoms with Gasteiger partial charge in [-0.05, 0) is 51.0 Å². The van der Waals surface area contributed by atoms with Crippen LogP contribution in [0.2, 0.25) is 0 Å². The van der Waals surface area contributed by atoms with Crippen molar-refractivity contribution in [1.29, 1.82) is 0 Å². The second kappa shape index (κ2) is 7.47. The van der Waals surface area contributed by atoms with Crippen molar-refractivity contribution < 1.29 is 23.9 Å². The molecule has 6 amide bonds. The molecular weight excluding hydrogens is 462 g/mol. The van der Waals surface area contributed by atoms with Crippen molar-refractivity contribution in [2.24, 2.45) is 10.8 Å². The number of fused-ring (bicyclic) bond motifs is 4. The average molecular weight is 494 g/mol. The predicted molar refractivity (Wildman–Crippen MR) is 130 cm³/mol. The molecule has 3 aliphatic heterocycles. The first-order valence-electron chi connectivity index (χ1n) is 12.5. The SMILES string of the molecule is COc1ccc2c(ccn2CCCN2C(=O)N3CCCN4C(=O)N(C)C5C2[C@@](C)(C3=O)[C@@]5(C)C4=O)c1. The molecule has 36 heavy (non-hydrogen) atoms. The number of carbonyl (C=O) groups excluding carboxylic acids is 4. The second-order valence-corrected chi connectivity index (χ2v) is 10.7. The van der Waals surface area contributed by atoms with E-state index in [-0.39, 0.29) is 37.0 Å². The Kier molecular flexibility index (Phi) is 4.75. The van der Waals surface area contributed by atoms with Gasteiger partial charge >= 0.3 is 12.1 Å². The predicted octanol–water partition coefficient (Wildman–Crippen LogP) is 2.37. The quantitative estimate of drug-likeness (QED) is 0.637. The maximum absolute atomic E-state index is 13.7. The van der Waals surface area contributed by atoms with Crippen LogP contribution in [0.1, 0.15) is 26.7 Å². The summed E-state index contributed by atoms with van der Waals surface area (Å²) in [5.74, 6) is 0.205. The summed E-state index contributed by atoms with van der Waals surface area (Å²) < 4.78 is 7.46.